The molecule has 14 heteroatoms. The van der Waals surface area contributed by atoms with E-state index in [1.54, 1.807) is 0 Å². The molecule has 0 saturated heterocycles. The molecule has 0 aromatic carbocycles. The molecule has 0 fully saturated rings. The maximum atomic E-state index is 9.68. The summed E-state index contributed by atoms with van der Waals surface area (Å²) in [4.78, 5) is 0. The molecule has 9 nitrogen and oxygen atoms in total. The van der Waals surface area contributed by atoms with E-state index >= 15 is 0 Å². The minimum atomic E-state index is -4.60. The van der Waals surface area contributed by atoms with Gasteiger partial charge < -0.3 is 39.9 Å². The molecule has 0 N–H and O–H groups in total. The third-order valence-electron chi connectivity index (χ3n) is 0. The van der Waals surface area contributed by atoms with Crippen LogP contribution in [-0.2, 0) is 28.9 Å². The van der Waals surface area contributed by atoms with E-state index in [-0.39, 0.29) is 16.8 Å². The van der Waals surface area contributed by atoms with Gasteiger partial charge in [0.1, 0.15) is 0 Å². The van der Waals surface area contributed by atoms with Gasteiger partial charge in [-0.25, -0.2) is 28.9 Å². The van der Waals surface area contributed by atoms with Gasteiger partial charge in [0.15, 0.2) is 0 Å². The van der Waals surface area contributed by atoms with Crippen LogP contribution in [0.2, 0.25) is 0 Å². The summed E-state index contributed by atoms with van der Waals surface area (Å²) in [6, 6.07) is 0. The summed E-state index contributed by atoms with van der Waals surface area (Å²) in [5.74, 6) is 0. The molecule has 0 bridgehead atoms. The van der Waals surface area contributed by atoms with Crippen LogP contribution < -0.4 is 0 Å². The van der Waals surface area contributed by atoms with Crippen LogP contribution in [0.4, 0.5) is 0 Å². The van der Waals surface area contributed by atoms with Gasteiger partial charge in [-0.1, -0.05) is 0 Å². The Morgan fingerprint density at radius 3 is 0.450 bits per heavy atom. The average molecular weight is 352 g/mol. The number of hydrogen-bond acceptors (Lipinski definition) is 9. The molecule has 0 aliphatic carbocycles. The van der Waals surface area contributed by atoms with E-state index in [4.69, 9.17) is 0 Å². The van der Waals surface area contributed by atoms with Crippen molar-refractivity contribution in [3.05, 3.63) is 0 Å². The Morgan fingerprint density at radius 1 is 0.450 bits per heavy atom. The first-order valence-electron chi connectivity index (χ1n) is 3.95. The molecule has 0 radical (unpaired) electrons. The molecule has 0 aliphatic rings. The SMILES string of the molecule is CS(C)(=O)([O-])[O-].CS(C)(=O)([O-])[O-].CS(C)(=O)([O-])[O-].[B+3].[B+3]. The standard InChI is InChI=1S/3C2H8O3S.2B/c3*1-6(2,3,4)5;;/h3*1-2H3,(H2,3,4,5);;/q;;;2*+3/p-6. The van der Waals surface area contributed by atoms with Crippen molar-refractivity contribution in [2.45, 2.75) is 0 Å². The summed E-state index contributed by atoms with van der Waals surface area (Å²) < 4.78 is 87.1. The Bertz CT molecular complexity index is 340. The zero-order chi connectivity index (χ0) is 16.3. The Hall–Kier alpha value is 0.340. The summed E-state index contributed by atoms with van der Waals surface area (Å²) in [6.45, 7) is 0. The maximum absolute atomic E-state index is 9.68. The van der Waals surface area contributed by atoms with E-state index < -0.39 is 28.9 Å². The molecule has 0 saturated carbocycles. The zero-order valence-electron chi connectivity index (χ0n) is 12.1. The van der Waals surface area contributed by atoms with Crippen molar-refractivity contribution in [1.82, 2.24) is 0 Å². The zero-order valence-corrected chi connectivity index (χ0v) is 14.5. The molecule has 120 valence electrons. The first-order chi connectivity index (χ1) is 6.71. The van der Waals surface area contributed by atoms with Crippen molar-refractivity contribution < 1.29 is 39.9 Å². The van der Waals surface area contributed by atoms with Crippen LogP contribution in [-0.4, -0.2) is 94.3 Å². The van der Waals surface area contributed by atoms with Gasteiger partial charge >= 0.3 is 16.8 Å². The predicted molar refractivity (Wildman–Crippen MR) is 76.1 cm³/mol. The monoisotopic (exact) mass is 352 g/mol. The van der Waals surface area contributed by atoms with Crippen molar-refractivity contribution in [3.8, 4) is 0 Å². The van der Waals surface area contributed by atoms with Gasteiger partial charge in [0.25, 0.3) is 0 Å². The summed E-state index contributed by atoms with van der Waals surface area (Å²) >= 11 is 0. The third kappa shape index (κ3) is 47700. The number of sulfone groups is 9. The molecule has 0 aromatic heterocycles. The first-order valence-corrected chi connectivity index (χ1v) is 11.8. The smallest absolute Gasteiger partial charge is 0.799 e. The number of hydrogen-bond donors (Lipinski definition) is 0. The molecular weight excluding hydrogens is 334 g/mol. The van der Waals surface area contributed by atoms with Gasteiger partial charge in [0, 0.05) is 0 Å². The molecular formula is C6H18B2O9S3. The van der Waals surface area contributed by atoms with Crippen LogP contribution in [0.5, 0.6) is 0 Å². The van der Waals surface area contributed by atoms with Crippen molar-refractivity contribution in [1.29, 1.82) is 0 Å². The summed E-state index contributed by atoms with van der Waals surface area (Å²) in [5.41, 5.74) is 0. The van der Waals surface area contributed by atoms with E-state index in [1.165, 1.54) is 0 Å². The third-order valence-corrected chi connectivity index (χ3v) is 0. The second-order valence-corrected chi connectivity index (χ2v) is 14.5. The van der Waals surface area contributed by atoms with Crippen LogP contribution in [0, 0.1) is 0 Å². The molecule has 0 heterocycles. The Labute approximate surface area is 123 Å². The van der Waals surface area contributed by atoms with Crippen LogP contribution in [0.1, 0.15) is 0 Å². The fourth-order valence-electron chi connectivity index (χ4n) is 0. The van der Waals surface area contributed by atoms with Crippen LogP contribution in [0.3, 0.4) is 0 Å². The Kier molecular flexibility index (Phi) is 11.4. The normalized spacial score (nSPS) is 17.1. The van der Waals surface area contributed by atoms with Crippen LogP contribution in [0.15, 0.2) is 0 Å². The van der Waals surface area contributed by atoms with E-state index in [0.29, 0.717) is 37.5 Å². The fourth-order valence-corrected chi connectivity index (χ4v) is 0. The summed E-state index contributed by atoms with van der Waals surface area (Å²) in [6.07, 6.45) is 3.90. The molecule has 0 rings (SSSR count). The average Bonchev–Trinajstić information content (AvgIpc) is 1.29. The Balaban J connectivity index is -0.0000000536. The van der Waals surface area contributed by atoms with Gasteiger partial charge in [-0.3, -0.25) is 0 Å². The second-order valence-electron chi connectivity index (χ2n) is 4.84. The topological polar surface area (TPSA) is 190 Å². The van der Waals surface area contributed by atoms with Gasteiger partial charge in [-0.05, 0) is 37.5 Å². The molecule has 0 unspecified atom stereocenters. The minimum absolute atomic E-state index is 0. The largest absolute Gasteiger partial charge is 3.00 e. The second kappa shape index (κ2) is 7.07. The summed E-state index contributed by atoms with van der Waals surface area (Å²) in [7, 11) is -13.8. The molecule has 0 atom stereocenters. The maximum Gasteiger partial charge on any atom is 3.00 e. The van der Waals surface area contributed by atoms with Crippen molar-refractivity contribution in [2.24, 2.45) is 0 Å². The van der Waals surface area contributed by atoms with E-state index in [1.807, 2.05) is 0 Å². The Morgan fingerprint density at radius 2 is 0.450 bits per heavy atom. The van der Waals surface area contributed by atoms with Gasteiger partial charge in [0.05, 0.1) is 0 Å². The number of rotatable bonds is 0. The molecule has 0 spiro atoms. The first kappa shape index (κ1) is 32.3. The summed E-state index contributed by atoms with van der Waals surface area (Å²) in [5, 5.41) is 0. The van der Waals surface area contributed by atoms with Gasteiger partial charge in [0.2, 0.25) is 0 Å². The fraction of sp³-hybridized carbons (Fsp3) is 1.00. The molecule has 0 amide bonds. The van der Waals surface area contributed by atoms with Crippen LogP contribution in [0.25, 0.3) is 0 Å². The minimum Gasteiger partial charge on any atom is -0.799 e. The van der Waals surface area contributed by atoms with Gasteiger partial charge in [-0.15, -0.1) is 0 Å². The van der Waals surface area contributed by atoms with E-state index in [2.05, 4.69) is 0 Å². The van der Waals surface area contributed by atoms with E-state index in [9.17, 15) is 39.9 Å². The predicted octanol–water partition coefficient (Wildman–Crippen LogP) is -2.78. The molecule has 0 aliphatic heterocycles. The van der Waals surface area contributed by atoms with Crippen molar-refractivity contribution in [3.63, 3.8) is 0 Å². The molecule has 20 heavy (non-hydrogen) atoms. The van der Waals surface area contributed by atoms with Crippen LogP contribution >= 0.6 is 0 Å². The van der Waals surface area contributed by atoms with E-state index in [0.717, 1.165) is 0 Å². The van der Waals surface area contributed by atoms with Crippen molar-refractivity contribution in [2.75, 3.05) is 37.5 Å². The van der Waals surface area contributed by atoms with Gasteiger partial charge in [-0.2, -0.15) is 0 Å². The molecule has 0 aromatic rings. The van der Waals surface area contributed by atoms with Crippen molar-refractivity contribution >= 4 is 45.7 Å². The quantitative estimate of drug-likeness (QED) is 0.415.